The summed E-state index contributed by atoms with van der Waals surface area (Å²) in [4.78, 5) is 17.5. The lowest BCUT2D eigenvalue weighted by Gasteiger charge is -2.05. The number of aryl methyl sites for hydroxylation is 2. The number of rotatable bonds is 6. The van der Waals surface area contributed by atoms with E-state index in [-0.39, 0.29) is 5.91 Å². The Balaban J connectivity index is 2.08. The van der Waals surface area contributed by atoms with Crippen LogP contribution in [0.1, 0.15) is 23.1 Å². The van der Waals surface area contributed by atoms with Gasteiger partial charge in [-0.15, -0.1) is 0 Å². The number of methoxy groups -OCH3 is 1. The molecular weight excluding hydrogens is 352 g/mol. The lowest BCUT2D eigenvalue weighted by molar-refractivity contribution is 0.0992. The molecule has 3 aromatic rings. The SMILES string of the molecule is CCOc1ccc2c(c1)sc(=NC(=O)c1cc(C)n(C)n1)n2CCOC. The first kappa shape index (κ1) is 18.3. The quantitative estimate of drug-likeness (QED) is 0.665. The topological polar surface area (TPSA) is 70.6 Å². The molecule has 0 radical (unpaired) electrons. The zero-order valence-corrected chi connectivity index (χ0v) is 16.2. The molecule has 26 heavy (non-hydrogen) atoms. The van der Waals surface area contributed by atoms with Crippen molar-refractivity contribution in [3.63, 3.8) is 0 Å². The fraction of sp³-hybridized carbons (Fsp3) is 0.389. The number of hydrogen-bond donors (Lipinski definition) is 0. The second-order valence-corrected chi connectivity index (χ2v) is 6.81. The highest BCUT2D eigenvalue weighted by Crippen LogP contribution is 2.23. The number of aromatic nitrogens is 3. The van der Waals surface area contributed by atoms with Crippen LogP contribution in [0.25, 0.3) is 10.2 Å². The van der Waals surface area contributed by atoms with E-state index >= 15 is 0 Å². The van der Waals surface area contributed by atoms with Crippen LogP contribution < -0.4 is 9.54 Å². The fourth-order valence-electron chi connectivity index (χ4n) is 2.60. The van der Waals surface area contributed by atoms with Crippen molar-refractivity contribution >= 4 is 27.5 Å². The predicted octanol–water partition coefficient (Wildman–Crippen LogP) is 2.53. The van der Waals surface area contributed by atoms with Gasteiger partial charge in [0.2, 0.25) is 0 Å². The molecule has 0 aliphatic heterocycles. The van der Waals surface area contributed by atoms with E-state index in [0.29, 0.717) is 30.3 Å². The van der Waals surface area contributed by atoms with E-state index in [2.05, 4.69) is 10.1 Å². The van der Waals surface area contributed by atoms with E-state index in [1.165, 1.54) is 11.3 Å². The van der Waals surface area contributed by atoms with Gasteiger partial charge in [-0.2, -0.15) is 10.1 Å². The lowest BCUT2D eigenvalue weighted by Crippen LogP contribution is -2.19. The van der Waals surface area contributed by atoms with Gasteiger partial charge in [-0.3, -0.25) is 9.48 Å². The van der Waals surface area contributed by atoms with Crippen LogP contribution in [0.5, 0.6) is 5.75 Å². The minimum Gasteiger partial charge on any atom is -0.494 e. The number of carbonyl (C=O) groups is 1. The Kier molecular flexibility index (Phi) is 5.53. The largest absolute Gasteiger partial charge is 0.494 e. The third kappa shape index (κ3) is 3.71. The van der Waals surface area contributed by atoms with Crippen molar-refractivity contribution in [2.45, 2.75) is 20.4 Å². The molecule has 0 fully saturated rings. The Labute approximate surface area is 155 Å². The maximum atomic E-state index is 12.5. The Hall–Kier alpha value is -2.45. The molecule has 0 saturated carbocycles. The maximum absolute atomic E-state index is 12.5. The number of ether oxygens (including phenoxy) is 2. The van der Waals surface area contributed by atoms with Crippen molar-refractivity contribution in [1.82, 2.24) is 14.3 Å². The number of nitrogens with zero attached hydrogens (tertiary/aromatic N) is 4. The van der Waals surface area contributed by atoms with Gasteiger partial charge < -0.3 is 14.0 Å². The lowest BCUT2D eigenvalue weighted by atomic mass is 10.3. The summed E-state index contributed by atoms with van der Waals surface area (Å²) in [7, 11) is 3.46. The average molecular weight is 374 g/mol. The van der Waals surface area contributed by atoms with Crippen molar-refractivity contribution in [1.29, 1.82) is 0 Å². The van der Waals surface area contributed by atoms with E-state index in [9.17, 15) is 4.79 Å². The molecule has 8 heteroatoms. The van der Waals surface area contributed by atoms with Crippen LogP contribution >= 0.6 is 11.3 Å². The first-order valence-electron chi connectivity index (χ1n) is 8.38. The highest BCUT2D eigenvalue weighted by atomic mass is 32.1. The molecule has 0 spiro atoms. The van der Waals surface area contributed by atoms with Gasteiger partial charge >= 0.3 is 0 Å². The van der Waals surface area contributed by atoms with Gasteiger partial charge in [-0.1, -0.05) is 11.3 Å². The molecular formula is C18H22N4O3S. The third-order valence-electron chi connectivity index (χ3n) is 4.01. The Morgan fingerprint density at radius 3 is 2.81 bits per heavy atom. The van der Waals surface area contributed by atoms with Crippen LogP contribution in [-0.2, 0) is 18.3 Å². The molecule has 0 saturated heterocycles. The van der Waals surface area contributed by atoms with E-state index in [4.69, 9.17) is 9.47 Å². The van der Waals surface area contributed by atoms with Crippen LogP contribution in [0, 0.1) is 6.92 Å². The summed E-state index contributed by atoms with van der Waals surface area (Å²) < 4.78 is 15.5. The van der Waals surface area contributed by atoms with Gasteiger partial charge in [0.15, 0.2) is 10.5 Å². The van der Waals surface area contributed by atoms with Gasteiger partial charge in [0.25, 0.3) is 5.91 Å². The molecule has 7 nitrogen and oxygen atoms in total. The summed E-state index contributed by atoms with van der Waals surface area (Å²) >= 11 is 1.45. The standard InChI is InChI=1S/C18H22N4O3S/c1-5-25-13-6-7-15-16(11-13)26-18(22(15)8-9-24-4)19-17(23)14-10-12(2)21(3)20-14/h6-7,10-11H,5,8-9H2,1-4H3. The van der Waals surface area contributed by atoms with Crippen molar-refractivity contribution in [3.05, 3.63) is 40.5 Å². The molecule has 1 amide bonds. The second-order valence-electron chi connectivity index (χ2n) is 5.80. The second kappa shape index (κ2) is 7.84. The van der Waals surface area contributed by atoms with Crippen molar-refractivity contribution in [3.8, 4) is 5.75 Å². The number of fused-ring (bicyclic) bond motifs is 1. The third-order valence-corrected chi connectivity index (χ3v) is 5.06. The van der Waals surface area contributed by atoms with Gasteiger partial charge in [0.1, 0.15) is 5.75 Å². The molecule has 1 aromatic carbocycles. The van der Waals surface area contributed by atoms with E-state index < -0.39 is 0 Å². The number of amides is 1. The van der Waals surface area contributed by atoms with Crippen LogP contribution in [0.2, 0.25) is 0 Å². The molecule has 0 aliphatic carbocycles. The van der Waals surface area contributed by atoms with Crippen LogP contribution in [0.3, 0.4) is 0 Å². The van der Waals surface area contributed by atoms with E-state index in [1.807, 2.05) is 36.6 Å². The number of hydrogen-bond acceptors (Lipinski definition) is 5. The number of benzene rings is 1. The molecule has 0 aliphatic rings. The molecule has 2 aromatic heterocycles. The molecule has 0 bridgehead atoms. The predicted molar refractivity (Wildman–Crippen MR) is 101 cm³/mol. The number of thiazole rings is 1. The first-order valence-corrected chi connectivity index (χ1v) is 9.20. The molecule has 138 valence electrons. The minimum absolute atomic E-state index is 0.343. The van der Waals surface area contributed by atoms with Crippen LogP contribution in [-0.4, -0.2) is 40.6 Å². The summed E-state index contributed by atoms with van der Waals surface area (Å²) in [5.74, 6) is 0.454. The summed E-state index contributed by atoms with van der Waals surface area (Å²) in [5, 5.41) is 4.21. The van der Waals surface area contributed by atoms with Crippen LogP contribution in [0.4, 0.5) is 0 Å². The zero-order chi connectivity index (χ0) is 18.7. The van der Waals surface area contributed by atoms with Gasteiger partial charge in [0, 0.05) is 26.4 Å². The van der Waals surface area contributed by atoms with Crippen molar-refractivity contribution in [2.24, 2.45) is 12.0 Å². The summed E-state index contributed by atoms with van der Waals surface area (Å²) in [6, 6.07) is 7.63. The fourth-order valence-corrected chi connectivity index (χ4v) is 3.69. The summed E-state index contributed by atoms with van der Waals surface area (Å²) in [6.45, 7) is 5.60. The molecule has 0 atom stereocenters. The normalized spacial score (nSPS) is 12.1. The molecule has 0 unspecified atom stereocenters. The van der Waals surface area contributed by atoms with Gasteiger partial charge in [0.05, 0.1) is 23.4 Å². The highest BCUT2D eigenvalue weighted by molar-refractivity contribution is 7.16. The molecule has 0 N–H and O–H groups in total. The highest BCUT2D eigenvalue weighted by Gasteiger charge is 2.13. The van der Waals surface area contributed by atoms with Gasteiger partial charge in [-0.05, 0) is 38.1 Å². The number of carbonyl (C=O) groups excluding carboxylic acids is 1. The van der Waals surface area contributed by atoms with Crippen molar-refractivity contribution < 1.29 is 14.3 Å². The van der Waals surface area contributed by atoms with Crippen molar-refractivity contribution in [2.75, 3.05) is 20.3 Å². The average Bonchev–Trinajstić information content (AvgIpc) is 3.13. The molecule has 3 rings (SSSR count). The Bertz CT molecular complexity index is 980. The van der Waals surface area contributed by atoms with Crippen LogP contribution in [0.15, 0.2) is 29.3 Å². The van der Waals surface area contributed by atoms with Gasteiger partial charge in [-0.25, -0.2) is 0 Å². The molecule has 2 heterocycles. The zero-order valence-electron chi connectivity index (χ0n) is 15.4. The maximum Gasteiger partial charge on any atom is 0.300 e. The van der Waals surface area contributed by atoms with E-state index in [0.717, 1.165) is 21.7 Å². The van der Waals surface area contributed by atoms with E-state index in [1.54, 1.807) is 24.9 Å². The Morgan fingerprint density at radius 1 is 1.35 bits per heavy atom. The smallest absolute Gasteiger partial charge is 0.300 e. The summed E-state index contributed by atoms with van der Waals surface area (Å²) in [5.41, 5.74) is 2.25. The monoisotopic (exact) mass is 374 g/mol. The first-order chi connectivity index (χ1) is 12.5. The Morgan fingerprint density at radius 2 is 2.15 bits per heavy atom. The minimum atomic E-state index is -0.351. The summed E-state index contributed by atoms with van der Waals surface area (Å²) in [6.07, 6.45) is 0.